The van der Waals surface area contributed by atoms with Crippen molar-refractivity contribution in [2.24, 2.45) is 0 Å². The van der Waals surface area contributed by atoms with Crippen molar-refractivity contribution in [1.29, 1.82) is 0 Å². The number of carboxylic acid groups (broad SMARTS) is 1. The molecule has 0 aromatic rings. The third-order valence-corrected chi connectivity index (χ3v) is 2.20. The maximum atomic E-state index is 10.4. The van der Waals surface area contributed by atoms with Crippen LogP contribution < -0.4 is 0 Å². The van der Waals surface area contributed by atoms with Crippen LogP contribution >= 0.6 is 37.9 Å². The number of hydrogen-bond donors (Lipinski definition) is 4. The van der Waals surface area contributed by atoms with Gasteiger partial charge in [-0.25, -0.2) is 0 Å². The smallest absolute Gasteiger partial charge is 0.306 e. The van der Waals surface area contributed by atoms with E-state index >= 15 is 0 Å². The van der Waals surface area contributed by atoms with Gasteiger partial charge < -0.3 is 5.11 Å². The fourth-order valence-corrected chi connectivity index (χ4v) is 0.636. The highest BCUT2D eigenvalue weighted by Crippen LogP contribution is 2.26. The lowest BCUT2D eigenvalue weighted by Gasteiger charge is -2.14. The average molecular weight is 198 g/mol. The molecule has 0 saturated heterocycles. The monoisotopic (exact) mass is 198 g/mol. The second-order valence-corrected chi connectivity index (χ2v) is 3.98. The van der Waals surface area contributed by atoms with E-state index in [1.807, 2.05) is 0 Å². The van der Waals surface area contributed by atoms with E-state index in [-0.39, 0.29) is 0 Å². The first-order valence-electron chi connectivity index (χ1n) is 2.26. The second-order valence-electron chi connectivity index (χ2n) is 1.69. The minimum absolute atomic E-state index is 0.443. The van der Waals surface area contributed by atoms with E-state index in [9.17, 15) is 9.59 Å². The molecule has 6 heteroatoms. The number of carbonyl (C=O) groups excluding carboxylic acids is 1. The van der Waals surface area contributed by atoms with E-state index in [2.05, 4.69) is 37.9 Å². The van der Waals surface area contributed by atoms with Crippen molar-refractivity contribution in [3.63, 3.8) is 0 Å². The lowest BCUT2D eigenvalue weighted by atomic mass is 10.3. The lowest BCUT2D eigenvalue weighted by Crippen LogP contribution is -2.25. The summed E-state index contributed by atoms with van der Waals surface area (Å²) in [6, 6.07) is 0. The fraction of sp³-hybridized carbons (Fsp3) is 0.500. The first-order valence-corrected chi connectivity index (χ1v) is 3.60. The quantitative estimate of drug-likeness (QED) is 0.394. The zero-order chi connectivity index (χ0) is 8.36. The molecule has 0 aliphatic rings. The van der Waals surface area contributed by atoms with Crippen molar-refractivity contribution in [3.8, 4) is 0 Å². The van der Waals surface area contributed by atoms with Crippen LogP contribution in [0.2, 0.25) is 0 Å². The largest absolute Gasteiger partial charge is 0.481 e. The van der Waals surface area contributed by atoms with Crippen LogP contribution in [0.5, 0.6) is 0 Å². The normalized spacial score (nSPS) is 11.1. The molecule has 0 bridgehead atoms. The van der Waals surface area contributed by atoms with Crippen LogP contribution in [0.3, 0.4) is 0 Å². The molecule has 0 spiro atoms. The SMILES string of the molecule is O=C(O)CC(S)(S)C(=O)S. The summed E-state index contributed by atoms with van der Waals surface area (Å²) in [6.07, 6.45) is -0.443. The van der Waals surface area contributed by atoms with Gasteiger partial charge in [-0.15, -0.1) is 12.6 Å². The number of thiol groups is 3. The highest BCUT2D eigenvalue weighted by atomic mass is 32.2. The first kappa shape index (κ1) is 10.2. The number of carboxylic acids is 1. The molecule has 0 aliphatic carbocycles. The van der Waals surface area contributed by atoms with E-state index in [0.717, 1.165) is 0 Å². The summed E-state index contributed by atoms with van der Waals surface area (Å²) in [5.74, 6) is -1.13. The topological polar surface area (TPSA) is 54.4 Å². The van der Waals surface area contributed by atoms with Gasteiger partial charge in [-0.1, -0.05) is 0 Å². The summed E-state index contributed by atoms with van der Waals surface area (Å²) in [6.45, 7) is 0. The van der Waals surface area contributed by atoms with Gasteiger partial charge in [-0.3, -0.25) is 9.59 Å². The second kappa shape index (κ2) is 3.54. The van der Waals surface area contributed by atoms with Gasteiger partial charge in [-0.2, -0.15) is 25.3 Å². The fourth-order valence-electron chi connectivity index (χ4n) is 0.286. The van der Waals surface area contributed by atoms with E-state index < -0.39 is 21.6 Å². The van der Waals surface area contributed by atoms with E-state index in [1.54, 1.807) is 0 Å². The molecule has 0 aromatic carbocycles. The average Bonchev–Trinajstić information content (AvgIpc) is 1.60. The zero-order valence-corrected chi connectivity index (χ0v) is 7.50. The predicted molar refractivity (Wildman–Crippen MR) is 46.9 cm³/mol. The molecule has 0 heterocycles. The van der Waals surface area contributed by atoms with Crippen molar-refractivity contribution < 1.29 is 14.7 Å². The Morgan fingerprint density at radius 2 is 1.80 bits per heavy atom. The maximum Gasteiger partial charge on any atom is 0.306 e. The van der Waals surface area contributed by atoms with Gasteiger partial charge in [0.2, 0.25) is 5.12 Å². The summed E-state index contributed by atoms with van der Waals surface area (Å²) in [4.78, 5) is 20.5. The Kier molecular flexibility index (Phi) is 3.61. The molecule has 0 fully saturated rings. The molecular weight excluding hydrogens is 192 g/mol. The summed E-state index contributed by atoms with van der Waals surface area (Å²) < 4.78 is -1.46. The van der Waals surface area contributed by atoms with E-state index in [1.165, 1.54) is 0 Å². The summed E-state index contributed by atoms with van der Waals surface area (Å²) in [7, 11) is 0. The van der Waals surface area contributed by atoms with Crippen molar-refractivity contribution in [1.82, 2.24) is 0 Å². The van der Waals surface area contributed by atoms with Gasteiger partial charge in [0.1, 0.15) is 4.08 Å². The van der Waals surface area contributed by atoms with Gasteiger partial charge in [0.25, 0.3) is 0 Å². The van der Waals surface area contributed by atoms with Crippen LogP contribution in [0, 0.1) is 0 Å². The minimum atomic E-state index is -1.46. The lowest BCUT2D eigenvalue weighted by molar-refractivity contribution is -0.138. The number of carbonyl (C=O) groups is 2. The Bertz CT molecular complexity index is 165. The van der Waals surface area contributed by atoms with Crippen LogP contribution in [0.25, 0.3) is 0 Å². The minimum Gasteiger partial charge on any atom is -0.481 e. The molecule has 0 aromatic heterocycles. The Labute approximate surface area is 74.4 Å². The standard InChI is InChI=1S/C4H6O3S3/c5-2(6)1-4(9,10)3(7)8/h9-10H,1H2,(H,5,6)(H,7,8). The highest BCUT2D eigenvalue weighted by molar-refractivity contribution is 8.08. The molecule has 0 atom stereocenters. The van der Waals surface area contributed by atoms with Gasteiger partial charge >= 0.3 is 5.97 Å². The van der Waals surface area contributed by atoms with Gasteiger partial charge in [0.15, 0.2) is 0 Å². The molecule has 10 heavy (non-hydrogen) atoms. The molecule has 3 nitrogen and oxygen atoms in total. The van der Waals surface area contributed by atoms with Crippen LogP contribution in [-0.4, -0.2) is 20.3 Å². The van der Waals surface area contributed by atoms with Crippen LogP contribution in [0.4, 0.5) is 0 Å². The molecule has 1 N–H and O–H groups in total. The van der Waals surface area contributed by atoms with Crippen molar-refractivity contribution in [2.75, 3.05) is 0 Å². The first-order chi connectivity index (χ1) is 4.36. The third-order valence-electron chi connectivity index (χ3n) is 0.740. The van der Waals surface area contributed by atoms with Crippen LogP contribution in [-0.2, 0) is 9.59 Å². The predicted octanol–water partition coefficient (Wildman–Crippen LogP) is 0.473. The summed E-state index contributed by atoms with van der Waals surface area (Å²) in [5, 5.41) is 7.55. The summed E-state index contributed by atoms with van der Waals surface area (Å²) in [5.41, 5.74) is 0. The summed E-state index contributed by atoms with van der Waals surface area (Å²) >= 11 is 10.8. The third kappa shape index (κ3) is 3.38. The molecular formula is C4H6O3S3. The molecule has 0 saturated carbocycles. The van der Waals surface area contributed by atoms with Gasteiger partial charge in [-0.05, 0) is 0 Å². The van der Waals surface area contributed by atoms with Gasteiger partial charge in [0, 0.05) is 0 Å². The Balaban J connectivity index is 4.13. The molecule has 0 amide bonds. The van der Waals surface area contributed by atoms with E-state index in [0.29, 0.717) is 0 Å². The van der Waals surface area contributed by atoms with Gasteiger partial charge in [0.05, 0.1) is 6.42 Å². The Morgan fingerprint density at radius 1 is 1.40 bits per heavy atom. The molecule has 58 valence electrons. The van der Waals surface area contributed by atoms with E-state index in [4.69, 9.17) is 5.11 Å². The van der Waals surface area contributed by atoms with Crippen LogP contribution in [0.15, 0.2) is 0 Å². The number of hydrogen-bond acceptors (Lipinski definition) is 4. The van der Waals surface area contributed by atoms with Crippen molar-refractivity contribution in [2.45, 2.75) is 10.5 Å². The number of aliphatic carboxylic acids is 1. The van der Waals surface area contributed by atoms with Crippen LogP contribution in [0.1, 0.15) is 6.42 Å². The maximum absolute atomic E-state index is 10.4. The van der Waals surface area contributed by atoms with Crippen molar-refractivity contribution >= 4 is 49.0 Å². The Morgan fingerprint density at radius 3 is 1.90 bits per heavy atom. The Hall–Kier alpha value is 0.190. The molecule has 0 rings (SSSR count). The highest BCUT2D eigenvalue weighted by Gasteiger charge is 2.30. The number of rotatable bonds is 3. The van der Waals surface area contributed by atoms with Crippen molar-refractivity contribution in [3.05, 3.63) is 0 Å². The molecule has 0 aliphatic heterocycles. The zero-order valence-electron chi connectivity index (χ0n) is 4.81. The molecule has 0 radical (unpaired) electrons. The molecule has 0 unspecified atom stereocenters.